The predicted octanol–water partition coefficient (Wildman–Crippen LogP) is 5.04. The van der Waals surface area contributed by atoms with Crippen LogP contribution in [0.1, 0.15) is 112 Å². The summed E-state index contributed by atoms with van der Waals surface area (Å²) in [5, 5.41) is 16.5. The molecule has 0 aromatic carbocycles. The van der Waals surface area contributed by atoms with Crippen molar-refractivity contribution in [2.45, 2.75) is 99.1 Å². The number of methoxy groups -OCH3 is 4. The highest BCUT2D eigenvalue weighted by Crippen LogP contribution is 2.38. The largest absolute Gasteiger partial charge is 0.479 e. The van der Waals surface area contributed by atoms with Crippen LogP contribution in [-0.4, -0.2) is 152 Å². The van der Waals surface area contributed by atoms with Crippen LogP contribution >= 0.6 is 23.2 Å². The van der Waals surface area contributed by atoms with E-state index in [2.05, 4.69) is 60.3 Å². The summed E-state index contributed by atoms with van der Waals surface area (Å²) in [7, 11) is -1.64. The van der Waals surface area contributed by atoms with Crippen LogP contribution in [0.4, 0.5) is 0 Å². The highest BCUT2D eigenvalue weighted by atomic mass is 35.5. The molecule has 0 amide bonds. The molecule has 2 aliphatic rings. The molecule has 0 spiro atoms. The van der Waals surface area contributed by atoms with Crippen LogP contribution in [0.15, 0.2) is 37.4 Å². The average molecular weight is 1080 g/mol. The fourth-order valence-corrected chi connectivity index (χ4v) is 11.5. The Kier molecular flexibility index (Phi) is 17.9. The Morgan fingerprint density at radius 3 is 1.18 bits per heavy atom. The lowest BCUT2D eigenvalue weighted by Crippen LogP contribution is -2.28. The van der Waals surface area contributed by atoms with E-state index < -0.39 is 53.5 Å². The summed E-state index contributed by atoms with van der Waals surface area (Å²) in [4.78, 5) is 33.6. The highest BCUT2D eigenvalue weighted by Gasteiger charge is 2.37. The van der Waals surface area contributed by atoms with Crippen molar-refractivity contribution in [2.24, 2.45) is 0 Å². The van der Waals surface area contributed by atoms with Gasteiger partial charge in [-0.3, -0.25) is 9.13 Å². The van der Waals surface area contributed by atoms with Crippen molar-refractivity contribution < 1.29 is 45.3 Å². The number of hydrogen-bond donors (Lipinski definition) is 0. The first-order valence-electron chi connectivity index (χ1n) is 22.8. The summed E-state index contributed by atoms with van der Waals surface area (Å²) in [6.07, 6.45) is 11.7. The predicted molar refractivity (Wildman–Crippen MR) is 261 cm³/mol. The van der Waals surface area contributed by atoms with Crippen LogP contribution in [0, 0.1) is 0 Å². The van der Waals surface area contributed by atoms with E-state index in [1.54, 1.807) is 36.8 Å². The van der Waals surface area contributed by atoms with Gasteiger partial charge in [-0.15, -0.1) is 20.4 Å². The summed E-state index contributed by atoms with van der Waals surface area (Å²) in [6, 6.07) is 0. The summed E-state index contributed by atoms with van der Waals surface area (Å²) in [5.74, 6) is 1.07. The van der Waals surface area contributed by atoms with E-state index in [0.717, 1.165) is 25.7 Å². The van der Waals surface area contributed by atoms with E-state index in [9.17, 15) is 16.8 Å². The van der Waals surface area contributed by atoms with Crippen molar-refractivity contribution in [3.63, 3.8) is 0 Å². The molecule has 0 aliphatic carbocycles. The molecule has 8 heterocycles. The van der Waals surface area contributed by atoms with Crippen LogP contribution in [0.3, 0.4) is 0 Å². The van der Waals surface area contributed by atoms with Crippen molar-refractivity contribution in [3.8, 4) is 34.9 Å². The zero-order valence-corrected chi connectivity index (χ0v) is 44.1. The van der Waals surface area contributed by atoms with Gasteiger partial charge in [0.2, 0.25) is 23.5 Å². The van der Waals surface area contributed by atoms with E-state index >= 15 is 0 Å². The summed E-state index contributed by atoms with van der Waals surface area (Å²) in [5.41, 5.74) is 0.667. The van der Waals surface area contributed by atoms with Gasteiger partial charge in [0.1, 0.15) is 47.5 Å². The second-order valence-corrected chi connectivity index (χ2v) is 22.6. The number of halogens is 2. The van der Waals surface area contributed by atoms with Gasteiger partial charge in [-0.1, -0.05) is 37.0 Å². The first-order chi connectivity index (χ1) is 34.5. The lowest BCUT2D eigenvalue weighted by atomic mass is 10.0. The van der Waals surface area contributed by atoms with E-state index in [4.69, 9.17) is 51.6 Å². The van der Waals surface area contributed by atoms with Crippen molar-refractivity contribution in [1.29, 1.82) is 0 Å². The molecule has 0 radical (unpaired) electrons. The number of rotatable bonds is 18. The molecule has 6 aromatic rings. The lowest BCUT2D eigenvalue weighted by molar-refractivity contribution is 0.0774. The summed E-state index contributed by atoms with van der Waals surface area (Å²) < 4.78 is 90.8. The monoisotopic (exact) mass is 1070 g/mol. The van der Waals surface area contributed by atoms with Crippen LogP contribution in [0.5, 0.6) is 23.5 Å². The molecule has 0 N–H and O–H groups in total. The molecule has 2 aliphatic heterocycles. The maximum atomic E-state index is 13.6. The Balaban J connectivity index is 0.000000211. The maximum absolute atomic E-state index is 13.6. The molecule has 6 atom stereocenters. The number of nitrogens with zero attached hydrogens (tertiary/aromatic N) is 14. The molecule has 8 rings (SSSR count). The van der Waals surface area contributed by atoms with Gasteiger partial charge >= 0.3 is 0 Å². The minimum Gasteiger partial charge on any atom is -0.479 e. The number of ether oxygens (including phenoxy) is 6. The zero-order chi connectivity index (χ0) is 51.7. The molecule has 0 unspecified atom stereocenters. The van der Waals surface area contributed by atoms with Crippen LogP contribution in [0.2, 0.25) is 10.0 Å². The van der Waals surface area contributed by atoms with Gasteiger partial charge in [0, 0.05) is 61.7 Å². The van der Waals surface area contributed by atoms with Crippen molar-refractivity contribution >= 4 is 42.9 Å². The third kappa shape index (κ3) is 12.0. The second kappa shape index (κ2) is 23.8. The van der Waals surface area contributed by atoms with Gasteiger partial charge in [0.05, 0.1) is 62.2 Å². The molecule has 24 nitrogen and oxygen atoms in total. The van der Waals surface area contributed by atoms with Crippen LogP contribution in [0.25, 0.3) is 11.4 Å². The molecular weight excluding hydrogens is 1020 g/mol. The van der Waals surface area contributed by atoms with Crippen molar-refractivity contribution in [3.05, 3.63) is 82.4 Å². The minimum absolute atomic E-state index is 0.101. The highest BCUT2D eigenvalue weighted by molar-refractivity contribution is 7.91. The first kappa shape index (κ1) is 54.0. The van der Waals surface area contributed by atoms with E-state index in [1.165, 1.54) is 65.9 Å². The Bertz CT molecular complexity index is 2750. The van der Waals surface area contributed by atoms with Gasteiger partial charge < -0.3 is 28.4 Å². The maximum Gasteiger partial charge on any atom is 0.245 e. The number of hydrogen-bond acceptors (Lipinski definition) is 22. The average Bonchev–Trinajstić information content (AvgIpc) is 4.01. The Morgan fingerprint density at radius 1 is 0.556 bits per heavy atom. The van der Waals surface area contributed by atoms with Gasteiger partial charge in [0.15, 0.2) is 42.7 Å². The van der Waals surface area contributed by atoms with Crippen molar-refractivity contribution in [1.82, 2.24) is 69.4 Å². The molecule has 2 saturated heterocycles. The second-order valence-electron chi connectivity index (χ2n) is 17.1. The quantitative estimate of drug-likeness (QED) is 0.109. The Hall–Kier alpha value is -5.80. The molecule has 28 heteroatoms. The van der Waals surface area contributed by atoms with Gasteiger partial charge in [-0.2, -0.15) is 19.9 Å². The van der Waals surface area contributed by atoms with E-state index in [-0.39, 0.29) is 47.0 Å². The molecular formula is C44H56Cl2N14O10S2. The molecule has 72 heavy (non-hydrogen) atoms. The molecule has 0 saturated carbocycles. The number of sulfone groups is 2. The fourth-order valence-electron chi connectivity index (χ4n) is 8.21. The van der Waals surface area contributed by atoms with Gasteiger partial charge in [-0.05, 0) is 39.5 Å². The smallest absolute Gasteiger partial charge is 0.245 e. The molecule has 0 bridgehead atoms. The third-order valence-electron chi connectivity index (χ3n) is 12.6. The standard InChI is InChI=1S/2C22H28ClN7O5S/c2*1-13(19-24-8-16(23)9-25-19)14(2)36(31,32)11-17-28-29-20(15-6-5-7-35-10-15)30(17)18-21(33-3)26-12-27-22(18)34-4/h2*8-9,12-15H,5-7,10-11H2,1-4H3/t13-,14-,15+;13-,14-,15-/m00/s1. The van der Waals surface area contributed by atoms with E-state index in [0.29, 0.717) is 71.1 Å². The SMILES string of the molecule is COc1ncnc(OC)c1-n1c(CS(=O)(=O)[C@@H](C)[C@H](C)c2ncc(Cl)cn2)nnc1[C@@H]1CCCOC1.COc1ncnc(OC)c1-n1c(CS(=O)(=O)[C@@H](C)[C@H](C)c2ncc(Cl)cn2)nnc1[C@H]1CCCOC1. The Morgan fingerprint density at radius 2 is 0.889 bits per heavy atom. The number of aromatic nitrogens is 14. The van der Waals surface area contributed by atoms with Crippen LogP contribution < -0.4 is 18.9 Å². The van der Waals surface area contributed by atoms with Crippen molar-refractivity contribution in [2.75, 3.05) is 54.9 Å². The lowest BCUT2D eigenvalue weighted by Gasteiger charge is -2.24. The third-order valence-corrected chi connectivity index (χ3v) is 17.4. The topological polar surface area (TPSA) is 288 Å². The minimum atomic E-state index is -3.75. The van der Waals surface area contributed by atoms with E-state index in [1.807, 2.05) is 0 Å². The fraction of sp³-hybridized carbons (Fsp3) is 0.545. The zero-order valence-electron chi connectivity index (χ0n) is 40.9. The van der Waals surface area contributed by atoms with Gasteiger partial charge in [0.25, 0.3) is 0 Å². The first-order valence-corrected chi connectivity index (χ1v) is 27.0. The molecule has 388 valence electrons. The summed E-state index contributed by atoms with van der Waals surface area (Å²) >= 11 is 11.8. The Labute approximate surface area is 426 Å². The molecule has 2 fully saturated rings. The van der Waals surface area contributed by atoms with Gasteiger partial charge in [-0.25, -0.2) is 36.8 Å². The van der Waals surface area contributed by atoms with Crippen LogP contribution in [-0.2, 0) is 40.7 Å². The normalized spacial score (nSPS) is 18.0. The summed E-state index contributed by atoms with van der Waals surface area (Å²) in [6.45, 7) is 8.97. The molecule has 6 aromatic heterocycles.